The monoisotopic (exact) mass is 662 g/mol. The maximum absolute atomic E-state index is 14.2. The number of piperazine rings is 1. The second-order valence-corrected chi connectivity index (χ2v) is 13.3. The molecular formula is C35H42N4O9. The van der Waals surface area contributed by atoms with E-state index in [4.69, 9.17) is 10.5 Å². The van der Waals surface area contributed by atoms with E-state index >= 15 is 0 Å². The van der Waals surface area contributed by atoms with Crippen molar-refractivity contribution in [2.45, 2.75) is 31.0 Å². The molecule has 2 aromatic rings. The zero-order chi connectivity index (χ0) is 34.7. The topological polar surface area (TPSA) is 197 Å². The van der Waals surface area contributed by atoms with Gasteiger partial charge in [0.05, 0.1) is 25.3 Å². The van der Waals surface area contributed by atoms with Crippen LogP contribution in [0.15, 0.2) is 47.2 Å². The Labute approximate surface area is 278 Å². The largest absolute Gasteiger partial charge is 0.508 e. The zero-order valence-electron chi connectivity index (χ0n) is 27.3. The molecule has 4 aliphatic rings. The number of carbonyl (C=O) groups is 3. The third-order valence-corrected chi connectivity index (χ3v) is 10.5. The van der Waals surface area contributed by atoms with Crippen LogP contribution >= 0.6 is 0 Å². The van der Waals surface area contributed by atoms with Crippen LogP contribution in [0.4, 0.5) is 0 Å². The lowest BCUT2D eigenvalue weighted by atomic mass is 9.57. The Morgan fingerprint density at radius 2 is 1.75 bits per heavy atom. The highest BCUT2D eigenvalue weighted by atomic mass is 16.5. The van der Waals surface area contributed by atoms with Crippen LogP contribution in [0.2, 0.25) is 0 Å². The summed E-state index contributed by atoms with van der Waals surface area (Å²) in [5.74, 6) is -6.13. The average molecular weight is 663 g/mol. The molecular weight excluding hydrogens is 620 g/mol. The summed E-state index contributed by atoms with van der Waals surface area (Å²) in [4.78, 5) is 45.8. The molecule has 13 heteroatoms. The van der Waals surface area contributed by atoms with Crippen molar-refractivity contribution in [3.05, 3.63) is 63.9 Å². The summed E-state index contributed by atoms with van der Waals surface area (Å²) in [6, 6.07) is 7.83. The number of amides is 1. The van der Waals surface area contributed by atoms with E-state index in [1.807, 2.05) is 18.2 Å². The van der Waals surface area contributed by atoms with Crippen LogP contribution in [0.3, 0.4) is 0 Å². The van der Waals surface area contributed by atoms with Gasteiger partial charge < -0.3 is 36.0 Å². The number of Topliss-reactive ketones (excluding diaryl/α,β-unsaturated/α-hetero) is 2. The lowest BCUT2D eigenvalue weighted by Crippen LogP contribution is -2.65. The minimum atomic E-state index is -2.69. The summed E-state index contributed by atoms with van der Waals surface area (Å²) < 4.78 is 5.69. The predicted molar refractivity (Wildman–Crippen MR) is 175 cm³/mol. The number of aromatic hydroxyl groups is 1. The van der Waals surface area contributed by atoms with Gasteiger partial charge in [0, 0.05) is 56.3 Å². The average Bonchev–Trinajstić information content (AvgIpc) is 3.03. The Hall–Kier alpha value is -4.27. The van der Waals surface area contributed by atoms with Crippen molar-refractivity contribution in [1.82, 2.24) is 14.7 Å². The zero-order valence-corrected chi connectivity index (χ0v) is 27.3. The van der Waals surface area contributed by atoms with Gasteiger partial charge in [0.1, 0.15) is 28.6 Å². The number of ether oxygens (including phenoxy) is 1. The number of likely N-dealkylation sites (N-methyl/N-ethyl adjacent to an activating group) is 1. The van der Waals surface area contributed by atoms with Crippen molar-refractivity contribution in [2.75, 3.05) is 60.5 Å². The number of hydrogen-bond acceptors (Lipinski definition) is 12. The molecule has 1 amide bonds. The van der Waals surface area contributed by atoms with Crippen LogP contribution in [0, 0.1) is 11.8 Å². The lowest BCUT2D eigenvalue weighted by molar-refractivity contribution is -0.153. The molecule has 256 valence electrons. The molecule has 0 radical (unpaired) electrons. The number of methoxy groups -OCH3 is 1. The van der Waals surface area contributed by atoms with E-state index in [2.05, 4.69) is 9.80 Å². The molecule has 0 unspecified atom stereocenters. The van der Waals surface area contributed by atoms with Gasteiger partial charge in [-0.1, -0.05) is 12.1 Å². The summed E-state index contributed by atoms with van der Waals surface area (Å²) in [5, 5.41) is 54.9. The van der Waals surface area contributed by atoms with Crippen LogP contribution in [-0.4, -0.2) is 130 Å². The van der Waals surface area contributed by atoms with E-state index < -0.39 is 58.0 Å². The molecule has 1 heterocycles. The van der Waals surface area contributed by atoms with E-state index in [0.717, 1.165) is 42.9 Å². The standard InChI is InChI=1S/C35H42N4O9/c1-37(2)29-23-16-19-15-22-21(18-4-7-25(48-3)20(14-18)17-39-10-8-38(9-11-39)12-13-40)5-6-24(41)27(22)30(42)26(19)32(44)35(23,47)33(45)28(31(29)43)34(36)46/h4-7,14,19,23,29,40-42,45,47H,8-13,15-17H2,1-3H3,(H2,36,46)/t19-,23-,29-,35-/m0/s1. The summed E-state index contributed by atoms with van der Waals surface area (Å²) in [5.41, 5.74) is 4.81. The number of aliphatic hydroxyl groups is 4. The van der Waals surface area contributed by atoms with Gasteiger partial charge in [0.2, 0.25) is 5.78 Å². The van der Waals surface area contributed by atoms with Gasteiger partial charge in [-0.2, -0.15) is 0 Å². The van der Waals surface area contributed by atoms with Gasteiger partial charge in [-0.15, -0.1) is 0 Å². The number of primary amides is 1. The number of β-amino-alcohol motifs (C(OH)–C–C–N with tert-alkyl or cyclic N) is 1. The van der Waals surface area contributed by atoms with Gasteiger partial charge in [-0.3, -0.25) is 29.1 Å². The highest BCUT2D eigenvalue weighted by Gasteiger charge is 2.64. The van der Waals surface area contributed by atoms with Crippen LogP contribution in [0.25, 0.3) is 16.9 Å². The van der Waals surface area contributed by atoms with Crippen LogP contribution in [-0.2, 0) is 27.3 Å². The van der Waals surface area contributed by atoms with Gasteiger partial charge in [0.15, 0.2) is 11.4 Å². The third kappa shape index (κ3) is 5.26. The van der Waals surface area contributed by atoms with Gasteiger partial charge in [-0.05, 0) is 67.7 Å². The summed E-state index contributed by atoms with van der Waals surface area (Å²) in [7, 11) is 4.75. The maximum atomic E-state index is 14.2. The molecule has 2 fully saturated rings. The predicted octanol–water partition coefficient (Wildman–Crippen LogP) is 0.750. The molecule has 0 spiro atoms. The minimum absolute atomic E-state index is 0.0109. The number of nitrogens with two attached hydrogens (primary N) is 1. The summed E-state index contributed by atoms with van der Waals surface area (Å²) >= 11 is 0. The summed E-state index contributed by atoms with van der Waals surface area (Å²) in [6.07, 6.45) is 0.198. The minimum Gasteiger partial charge on any atom is -0.508 e. The van der Waals surface area contributed by atoms with E-state index in [-0.39, 0.29) is 36.3 Å². The first-order valence-electron chi connectivity index (χ1n) is 16.1. The molecule has 13 nitrogen and oxygen atoms in total. The molecule has 1 saturated carbocycles. The maximum Gasteiger partial charge on any atom is 0.255 e. The van der Waals surface area contributed by atoms with Crippen molar-refractivity contribution in [1.29, 1.82) is 0 Å². The normalized spacial score (nSPS) is 26.4. The van der Waals surface area contributed by atoms with Crippen molar-refractivity contribution >= 4 is 23.2 Å². The van der Waals surface area contributed by atoms with Gasteiger partial charge in [-0.25, -0.2) is 0 Å². The number of phenols is 1. The Morgan fingerprint density at radius 3 is 2.38 bits per heavy atom. The fourth-order valence-electron chi connectivity index (χ4n) is 8.14. The summed E-state index contributed by atoms with van der Waals surface area (Å²) in [6.45, 7) is 4.74. The second kappa shape index (κ2) is 12.6. The van der Waals surface area contributed by atoms with Gasteiger partial charge in [0.25, 0.3) is 5.91 Å². The number of nitrogens with zero attached hydrogens (tertiary/aromatic N) is 3. The van der Waals surface area contributed by atoms with Crippen molar-refractivity contribution in [3.63, 3.8) is 0 Å². The van der Waals surface area contributed by atoms with Crippen LogP contribution in [0.5, 0.6) is 11.5 Å². The number of benzene rings is 2. The van der Waals surface area contributed by atoms with E-state index in [0.29, 0.717) is 24.4 Å². The van der Waals surface area contributed by atoms with E-state index in [9.17, 15) is 39.9 Å². The number of fused-ring (bicyclic) bond motifs is 3. The molecule has 0 aromatic heterocycles. The van der Waals surface area contributed by atoms with Crippen LogP contribution in [0.1, 0.15) is 23.1 Å². The molecule has 0 bridgehead atoms. The fraction of sp³-hybridized carbons (Fsp3) is 0.457. The first-order valence-corrected chi connectivity index (χ1v) is 16.1. The van der Waals surface area contributed by atoms with E-state index in [1.54, 1.807) is 27.3 Å². The van der Waals surface area contributed by atoms with Crippen molar-refractivity contribution < 1.29 is 44.7 Å². The number of ketones is 2. The smallest absolute Gasteiger partial charge is 0.255 e. The second-order valence-electron chi connectivity index (χ2n) is 13.3. The molecule has 48 heavy (non-hydrogen) atoms. The highest BCUT2D eigenvalue weighted by molar-refractivity contribution is 6.24. The number of hydrogen-bond donors (Lipinski definition) is 6. The highest BCUT2D eigenvalue weighted by Crippen LogP contribution is 2.53. The Balaban J connectivity index is 1.42. The molecule has 2 aromatic carbocycles. The van der Waals surface area contributed by atoms with Crippen molar-refractivity contribution in [2.24, 2.45) is 17.6 Å². The third-order valence-electron chi connectivity index (χ3n) is 10.5. The first-order chi connectivity index (χ1) is 22.8. The van der Waals surface area contributed by atoms with Gasteiger partial charge >= 0.3 is 0 Å². The quantitative estimate of drug-likeness (QED) is 0.217. The molecule has 7 N–H and O–H groups in total. The molecule has 6 rings (SSSR count). The van der Waals surface area contributed by atoms with Crippen molar-refractivity contribution in [3.8, 4) is 22.6 Å². The number of phenolic OH excluding ortho intramolecular Hbond substituents is 1. The number of carbonyl (C=O) groups excluding carboxylic acids is 3. The lowest BCUT2D eigenvalue weighted by Gasteiger charge is -2.50. The SMILES string of the molecule is COc1ccc(-c2ccc(O)c3c2C[C@H]2C[C@H]4[C@H](N(C)C)C(=O)C(C(N)=O)=C(O)[C@@]4(O)C(=O)C2=C3O)cc1CN1CCN(CCO)CC1. The Morgan fingerprint density at radius 1 is 1.06 bits per heavy atom. The number of rotatable bonds is 8. The Kier molecular flexibility index (Phi) is 8.85. The van der Waals surface area contributed by atoms with Crippen LogP contribution < -0.4 is 10.5 Å². The number of aliphatic hydroxyl groups excluding tert-OH is 3. The molecule has 4 atom stereocenters. The molecule has 1 aliphatic heterocycles. The molecule has 1 saturated heterocycles. The Bertz CT molecular complexity index is 1740. The first kappa shape index (κ1) is 33.6. The fourth-order valence-corrected chi connectivity index (χ4v) is 8.14. The molecule has 3 aliphatic carbocycles. The van der Waals surface area contributed by atoms with E-state index in [1.165, 1.54) is 11.0 Å².